The number of aromatic nitrogens is 2. The molecule has 92 valence electrons. The van der Waals surface area contributed by atoms with Gasteiger partial charge >= 0.3 is 5.97 Å². The van der Waals surface area contributed by atoms with Crippen LogP contribution in [0.5, 0.6) is 0 Å². The minimum atomic E-state index is -0.977. The van der Waals surface area contributed by atoms with Gasteiger partial charge in [-0.1, -0.05) is 24.3 Å². The fourth-order valence-electron chi connectivity index (χ4n) is 1.75. The second-order valence-corrected chi connectivity index (χ2v) is 4.08. The van der Waals surface area contributed by atoms with Gasteiger partial charge in [0.1, 0.15) is 5.82 Å². The summed E-state index contributed by atoms with van der Waals surface area (Å²) in [5, 5.41) is 8.61. The number of hydrogen-bond acceptors (Lipinski definition) is 2. The average Bonchev–Trinajstić information content (AvgIpc) is 2.68. The van der Waals surface area contributed by atoms with E-state index in [1.165, 1.54) is 6.08 Å². The molecule has 0 aliphatic rings. The molecule has 0 fully saturated rings. The fraction of sp³-hybridized carbons (Fsp3) is 0.143. The van der Waals surface area contributed by atoms with Gasteiger partial charge in [-0.05, 0) is 25.5 Å². The zero-order chi connectivity index (χ0) is 13.1. The van der Waals surface area contributed by atoms with Crippen LogP contribution in [0.1, 0.15) is 17.0 Å². The van der Waals surface area contributed by atoms with Crippen LogP contribution in [-0.2, 0) is 4.79 Å². The number of rotatable bonds is 3. The number of aromatic amines is 1. The van der Waals surface area contributed by atoms with Crippen molar-refractivity contribution in [3.63, 3.8) is 0 Å². The Balaban J connectivity index is 2.41. The minimum Gasteiger partial charge on any atom is -0.478 e. The third kappa shape index (κ3) is 2.48. The molecule has 1 aromatic carbocycles. The molecule has 0 atom stereocenters. The third-order valence-corrected chi connectivity index (χ3v) is 2.71. The summed E-state index contributed by atoms with van der Waals surface area (Å²) in [4.78, 5) is 18.1. The molecule has 0 aliphatic carbocycles. The number of hydrogen-bond donors (Lipinski definition) is 2. The summed E-state index contributed by atoms with van der Waals surface area (Å²) < 4.78 is 0. The van der Waals surface area contributed by atoms with Gasteiger partial charge in [0.15, 0.2) is 0 Å². The van der Waals surface area contributed by atoms with E-state index in [1.54, 1.807) is 0 Å². The molecule has 2 N–H and O–H groups in total. The van der Waals surface area contributed by atoms with Gasteiger partial charge in [0.25, 0.3) is 0 Å². The molecular weight excluding hydrogens is 228 g/mol. The summed E-state index contributed by atoms with van der Waals surface area (Å²) in [6, 6.07) is 7.92. The lowest BCUT2D eigenvalue weighted by Gasteiger charge is -2.00. The number of carbonyl (C=O) groups is 1. The van der Waals surface area contributed by atoms with Crippen LogP contribution in [0.2, 0.25) is 0 Å². The molecule has 0 radical (unpaired) electrons. The van der Waals surface area contributed by atoms with Crippen LogP contribution in [0.4, 0.5) is 0 Å². The molecule has 0 saturated heterocycles. The molecule has 0 bridgehead atoms. The first-order valence-electron chi connectivity index (χ1n) is 5.61. The van der Waals surface area contributed by atoms with E-state index in [9.17, 15) is 4.79 Å². The van der Waals surface area contributed by atoms with Crippen LogP contribution >= 0.6 is 0 Å². The zero-order valence-corrected chi connectivity index (χ0v) is 10.3. The van der Waals surface area contributed by atoms with Crippen molar-refractivity contribution in [2.24, 2.45) is 0 Å². The second kappa shape index (κ2) is 4.87. The van der Waals surface area contributed by atoms with Crippen LogP contribution < -0.4 is 0 Å². The van der Waals surface area contributed by atoms with Crippen molar-refractivity contribution in [3.05, 3.63) is 47.3 Å². The summed E-state index contributed by atoms with van der Waals surface area (Å²) in [6.07, 6.45) is 2.58. The average molecular weight is 242 g/mol. The standard InChI is InChI=1S/C14H14N2O2/c1-9-5-3-4-6-11(9)14-15-10(2)12(16-14)7-8-13(17)18/h3-8H,1-2H3,(H,15,16)(H,17,18)/b8-7+. The summed E-state index contributed by atoms with van der Waals surface area (Å²) in [5.74, 6) is -0.217. The van der Waals surface area contributed by atoms with Gasteiger partial charge < -0.3 is 10.1 Å². The van der Waals surface area contributed by atoms with Gasteiger partial charge in [-0.2, -0.15) is 0 Å². The molecule has 0 unspecified atom stereocenters. The van der Waals surface area contributed by atoms with E-state index in [4.69, 9.17) is 5.11 Å². The molecule has 0 saturated carbocycles. The molecule has 0 aliphatic heterocycles. The quantitative estimate of drug-likeness (QED) is 0.813. The topological polar surface area (TPSA) is 66.0 Å². The first kappa shape index (κ1) is 12.1. The first-order chi connectivity index (χ1) is 8.58. The number of nitrogens with zero attached hydrogens (tertiary/aromatic N) is 1. The maximum atomic E-state index is 10.5. The molecule has 1 aromatic heterocycles. The summed E-state index contributed by atoms with van der Waals surface area (Å²) in [7, 11) is 0. The highest BCUT2D eigenvalue weighted by Crippen LogP contribution is 2.21. The molecule has 2 aromatic rings. The van der Waals surface area contributed by atoms with Gasteiger partial charge in [0, 0.05) is 17.3 Å². The highest BCUT2D eigenvalue weighted by atomic mass is 16.4. The lowest BCUT2D eigenvalue weighted by molar-refractivity contribution is -0.131. The number of aryl methyl sites for hydroxylation is 2. The Bertz CT molecular complexity index is 612. The maximum absolute atomic E-state index is 10.5. The summed E-state index contributed by atoms with van der Waals surface area (Å²) in [6.45, 7) is 3.89. The largest absolute Gasteiger partial charge is 0.478 e. The molecule has 4 nitrogen and oxygen atoms in total. The maximum Gasteiger partial charge on any atom is 0.328 e. The fourth-order valence-corrected chi connectivity index (χ4v) is 1.75. The normalized spacial score (nSPS) is 11.0. The molecule has 0 spiro atoms. The molecule has 0 amide bonds. The van der Waals surface area contributed by atoms with E-state index < -0.39 is 5.97 Å². The minimum absolute atomic E-state index is 0.649. The van der Waals surface area contributed by atoms with Gasteiger partial charge in [0.2, 0.25) is 0 Å². The molecule has 4 heteroatoms. The number of carboxylic acid groups (broad SMARTS) is 1. The predicted molar refractivity (Wildman–Crippen MR) is 70.2 cm³/mol. The summed E-state index contributed by atoms with van der Waals surface area (Å²) >= 11 is 0. The lowest BCUT2D eigenvalue weighted by atomic mass is 10.1. The number of H-pyrrole nitrogens is 1. The highest BCUT2D eigenvalue weighted by Gasteiger charge is 2.08. The number of imidazole rings is 1. The van der Waals surface area contributed by atoms with E-state index in [0.29, 0.717) is 5.69 Å². The van der Waals surface area contributed by atoms with Crippen LogP contribution in [-0.4, -0.2) is 21.0 Å². The number of aliphatic carboxylic acids is 1. The van der Waals surface area contributed by atoms with Crippen LogP contribution in [0.15, 0.2) is 30.3 Å². The first-order valence-corrected chi connectivity index (χ1v) is 5.61. The van der Waals surface area contributed by atoms with E-state index >= 15 is 0 Å². The van der Waals surface area contributed by atoms with E-state index in [2.05, 4.69) is 9.97 Å². The Labute approximate surface area is 105 Å². The van der Waals surface area contributed by atoms with Gasteiger partial charge in [-0.25, -0.2) is 9.78 Å². The molecule has 18 heavy (non-hydrogen) atoms. The predicted octanol–water partition coefficient (Wildman–Crippen LogP) is 2.79. The Hall–Kier alpha value is -2.36. The smallest absolute Gasteiger partial charge is 0.328 e. The Morgan fingerprint density at radius 1 is 1.33 bits per heavy atom. The van der Waals surface area contributed by atoms with Crippen molar-refractivity contribution >= 4 is 12.0 Å². The Kier molecular flexibility index (Phi) is 3.28. The van der Waals surface area contributed by atoms with E-state index in [0.717, 1.165) is 28.7 Å². The van der Waals surface area contributed by atoms with E-state index in [-0.39, 0.29) is 0 Å². The SMILES string of the molecule is Cc1ccccc1-c1nc(/C=C/C(=O)O)c(C)[nH]1. The molecular formula is C14H14N2O2. The van der Waals surface area contributed by atoms with Gasteiger partial charge in [-0.15, -0.1) is 0 Å². The van der Waals surface area contributed by atoms with Crippen molar-refractivity contribution in [3.8, 4) is 11.4 Å². The lowest BCUT2D eigenvalue weighted by Crippen LogP contribution is -1.87. The van der Waals surface area contributed by atoms with Crippen LogP contribution in [0.3, 0.4) is 0 Å². The van der Waals surface area contributed by atoms with Crippen molar-refractivity contribution in [2.75, 3.05) is 0 Å². The van der Waals surface area contributed by atoms with Crippen molar-refractivity contribution < 1.29 is 9.90 Å². The Morgan fingerprint density at radius 2 is 2.06 bits per heavy atom. The summed E-state index contributed by atoms with van der Waals surface area (Å²) in [5.41, 5.74) is 3.65. The van der Waals surface area contributed by atoms with Crippen molar-refractivity contribution in [1.82, 2.24) is 9.97 Å². The number of benzene rings is 1. The van der Waals surface area contributed by atoms with Crippen molar-refractivity contribution in [1.29, 1.82) is 0 Å². The van der Waals surface area contributed by atoms with Crippen molar-refractivity contribution in [2.45, 2.75) is 13.8 Å². The zero-order valence-electron chi connectivity index (χ0n) is 10.3. The molecule has 2 rings (SSSR count). The monoisotopic (exact) mass is 242 g/mol. The van der Waals surface area contributed by atoms with Gasteiger partial charge in [-0.3, -0.25) is 0 Å². The number of nitrogens with one attached hydrogen (secondary N) is 1. The Morgan fingerprint density at radius 3 is 2.72 bits per heavy atom. The van der Waals surface area contributed by atoms with Gasteiger partial charge in [0.05, 0.1) is 5.69 Å². The number of carboxylic acids is 1. The van der Waals surface area contributed by atoms with E-state index in [1.807, 2.05) is 38.1 Å². The van der Waals surface area contributed by atoms with Crippen LogP contribution in [0, 0.1) is 13.8 Å². The highest BCUT2D eigenvalue weighted by molar-refractivity contribution is 5.85. The van der Waals surface area contributed by atoms with Crippen LogP contribution in [0.25, 0.3) is 17.5 Å². The third-order valence-electron chi connectivity index (χ3n) is 2.71. The second-order valence-electron chi connectivity index (χ2n) is 4.08. The molecule has 1 heterocycles.